The first kappa shape index (κ1) is 21.1. The topological polar surface area (TPSA) is 92.5 Å². The zero-order valence-corrected chi connectivity index (χ0v) is 19.2. The standard InChI is InChI=1S/C23H23N3O4S2/c1-15-22(24-23(27)17-6-7-17)20(30-25-15)10-8-19-9-11-21(31-19)32(28,29)26-13-12-16-4-2-3-5-18(16)14-26/h2-5,8-11,17H,6-7,12-14H2,1H3,(H,24,27)/b10-8+. The summed E-state index contributed by atoms with van der Waals surface area (Å²) in [5.74, 6) is 0.508. The number of carbonyl (C=O) groups is 1. The number of hydrogen-bond acceptors (Lipinski definition) is 6. The molecule has 3 aromatic rings. The summed E-state index contributed by atoms with van der Waals surface area (Å²) in [6, 6.07) is 11.4. The highest BCUT2D eigenvalue weighted by molar-refractivity contribution is 7.91. The molecule has 2 aliphatic rings. The van der Waals surface area contributed by atoms with Gasteiger partial charge in [0.25, 0.3) is 10.0 Å². The van der Waals surface area contributed by atoms with Crippen LogP contribution in [0.15, 0.2) is 45.1 Å². The maximum Gasteiger partial charge on any atom is 0.252 e. The summed E-state index contributed by atoms with van der Waals surface area (Å²) in [6.07, 6.45) is 6.03. The molecular formula is C23H23N3O4S2. The van der Waals surface area contributed by atoms with E-state index in [1.54, 1.807) is 35.5 Å². The first-order valence-corrected chi connectivity index (χ1v) is 12.8. The van der Waals surface area contributed by atoms with Gasteiger partial charge in [-0.15, -0.1) is 11.3 Å². The van der Waals surface area contributed by atoms with Crippen molar-refractivity contribution in [1.29, 1.82) is 0 Å². The van der Waals surface area contributed by atoms with Crippen LogP contribution in [0.5, 0.6) is 0 Å². The molecule has 0 spiro atoms. The van der Waals surface area contributed by atoms with Gasteiger partial charge >= 0.3 is 0 Å². The Balaban J connectivity index is 1.32. The molecular weight excluding hydrogens is 446 g/mol. The Hall–Kier alpha value is -2.75. The minimum absolute atomic E-state index is 0.0152. The molecule has 0 saturated heterocycles. The second kappa shape index (κ2) is 8.31. The van der Waals surface area contributed by atoms with Crippen molar-refractivity contribution in [1.82, 2.24) is 9.46 Å². The molecule has 1 aromatic carbocycles. The summed E-state index contributed by atoms with van der Waals surface area (Å²) in [4.78, 5) is 12.9. The highest BCUT2D eigenvalue weighted by atomic mass is 32.2. The van der Waals surface area contributed by atoms with E-state index in [9.17, 15) is 13.2 Å². The van der Waals surface area contributed by atoms with Gasteiger partial charge in [0, 0.05) is 23.9 Å². The van der Waals surface area contributed by atoms with Gasteiger partial charge in [-0.25, -0.2) is 8.42 Å². The molecule has 0 bridgehead atoms. The average Bonchev–Trinajstić information content (AvgIpc) is 3.45. The van der Waals surface area contributed by atoms with Crippen LogP contribution in [0.4, 0.5) is 5.69 Å². The van der Waals surface area contributed by atoms with E-state index in [1.165, 1.54) is 16.9 Å². The van der Waals surface area contributed by atoms with Crippen molar-refractivity contribution >= 4 is 45.1 Å². The fraction of sp³-hybridized carbons (Fsp3) is 0.304. The number of fused-ring (bicyclic) bond motifs is 1. The largest absolute Gasteiger partial charge is 0.354 e. The van der Waals surface area contributed by atoms with Crippen LogP contribution in [0.2, 0.25) is 0 Å². The van der Waals surface area contributed by atoms with Crippen molar-refractivity contribution in [3.05, 3.63) is 63.9 Å². The molecule has 2 aromatic heterocycles. The lowest BCUT2D eigenvalue weighted by Crippen LogP contribution is -2.35. The summed E-state index contributed by atoms with van der Waals surface area (Å²) in [5, 5.41) is 6.84. The Morgan fingerprint density at radius 2 is 1.97 bits per heavy atom. The number of carbonyl (C=O) groups excluding carboxylic acids is 1. The molecule has 166 valence electrons. The fourth-order valence-corrected chi connectivity index (χ4v) is 6.55. The number of amides is 1. The van der Waals surface area contributed by atoms with E-state index in [4.69, 9.17) is 4.52 Å². The number of hydrogen-bond donors (Lipinski definition) is 1. The molecule has 3 heterocycles. The van der Waals surface area contributed by atoms with E-state index in [0.717, 1.165) is 23.3 Å². The summed E-state index contributed by atoms with van der Waals surface area (Å²) in [7, 11) is -3.56. The van der Waals surface area contributed by atoms with Gasteiger partial charge < -0.3 is 9.84 Å². The van der Waals surface area contributed by atoms with Crippen molar-refractivity contribution in [2.45, 2.75) is 36.9 Å². The molecule has 1 fully saturated rings. The monoisotopic (exact) mass is 469 g/mol. The molecule has 0 unspecified atom stereocenters. The SMILES string of the molecule is Cc1noc(/C=C/c2ccc(S(=O)(=O)N3CCc4ccccc4C3)s2)c1NC(=O)C1CC1. The molecule has 1 aliphatic heterocycles. The first-order chi connectivity index (χ1) is 15.4. The normalized spacial score (nSPS) is 16.9. The van der Waals surface area contributed by atoms with Crippen LogP contribution < -0.4 is 5.32 Å². The smallest absolute Gasteiger partial charge is 0.252 e. The van der Waals surface area contributed by atoms with Gasteiger partial charge in [0.2, 0.25) is 5.91 Å². The Kier molecular flexibility index (Phi) is 5.48. The summed E-state index contributed by atoms with van der Waals surface area (Å²) < 4.78 is 33.5. The van der Waals surface area contributed by atoms with Crippen molar-refractivity contribution in [3.63, 3.8) is 0 Å². The van der Waals surface area contributed by atoms with Crippen molar-refractivity contribution in [2.75, 3.05) is 11.9 Å². The van der Waals surface area contributed by atoms with Gasteiger partial charge in [-0.05, 0) is 61.6 Å². The molecule has 1 N–H and O–H groups in total. The highest BCUT2D eigenvalue weighted by Crippen LogP contribution is 2.33. The number of anilines is 1. The maximum atomic E-state index is 13.2. The summed E-state index contributed by atoms with van der Waals surface area (Å²) >= 11 is 1.21. The van der Waals surface area contributed by atoms with E-state index in [2.05, 4.69) is 16.5 Å². The average molecular weight is 470 g/mol. The van der Waals surface area contributed by atoms with E-state index in [-0.39, 0.29) is 11.8 Å². The predicted octanol–water partition coefficient (Wildman–Crippen LogP) is 4.31. The van der Waals surface area contributed by atoms with Crippen LogP contribution in [0.3, 0.4) is 0 Å². The van der Waals surface area contributed by atoms with Gasteiger partial charge in [0.15, 0.2) is 5.76 Å². The quantitative estimate of drug-likeness (QED) is 0.581. The van der Waals surface area contributed by atoms with Gasteiger partial charge in [-0.1, -0.05) is 29.4 Å². The zero-order valence-electron chi connectivity index (χ0n) is 17.6. The second-order valence-electron chi connectivity index (χ2n) is 8.12. The molecule has 1 amide bonds. The van der Waals surface area contributed by atoms with Crippen molar-refractivity contribution in [2.24, 2.45) is 5.92 Å². The van der Waals surface area contributed by atoms with Crippen molar-refractivity contribution in [3.8, 4) is 0 Å². The van der Waals surface area contributed by atoms with Crippen LogP contribution in [-0.4, -0.2) is 30.3 Å². The highest BCUT2D eigenvalue weighted by Gasteiger charge is 2.31. The number of rotatable bonds is 6. The first-order valence-electron chi connectivity index (χ1n) is 10.5. The van der Waals surface area contributed by atoms with E-state index in [0.29, 0.717) is 40.9 Å². The van der Waals surface area contributed by atoms with E-state index < -0.39 is 10.0 Å². The van der Waals surface area contributed by atoms with Crippen molar-refractivity contribution < 1.29 is 17.7 Å². The molecule has 7 nitrogen and oxygen atoms in total. The molecule has 0 atom stereocenters. The van der Waals surface area contributed by atoms with Gasteiger partial charge in [-0.2, -0.15) is 4.31 Å². The van der Waals surface area contributed by atoms with Crippen LogP contribution >= 0.6 is 11.3 Å². The lowest BCUT2D eigenvalue weighted by atomic mass is 10.0. The predicted molar refractivity (Wildman–Crippen MR) is 124 cm³/mol. The minimum Gasteiger partial charge on any atom is -0.354 e. The van der Waals surface area contributed by atoms with Crippen LogP contribution in [-0.2, 0) is 27.8 Å². The third-order valence-corrected chi connectivity index (χ3v) is 9.14. The van der Waals surface area contributed by atoms with Gasteiger partial charge in [-0.3, -0.25) is 4.79 Å². The Morgan fingerprint density at radius 1 is 1.19 bits per heavy atom. The number of nitrogens with zero attached hydrogens (tertiary/aromatic N) is 2. The number of aryl methyl sites for hydroxylation is 1. The second-order valence-corrected chi connectivity index (χ2v) is 11.4. The summed E-state index contributed by atoms with van der Waals surface area (Å²) in [6.45, 7) is 2.64. The third-order valence-electron chi connectivity index (χ3n) is 5.78. The Morgan fingerprint density at radius 3 is 2.75 bits per heavy atom. The molecule has 5 rings (SSSR count). The van der Waals surface area contributed by atoms with Crippen LogP contribution in [0.25, 0.3) is 12.2 Å². The number of benzene rings is 1. The minimum atomic E-state index is -3.56. The summed E-state index contributed by atoms with van der Waals surface area (Å²) in [5.41, 5.74) is 3.44. The fourth-order valence-electron chi connectivity index (χ4n) is 3.75. The van der Waals surface area contributed by atoms with Crippen LogP contribution in [0.1, 0.15) is 40.3 Å². The Bertz CT molecular complexity index is 1300. The molecule has 1 saturated carbocycles. The molecule has 32 heavy (non-hydrogen) atoms. The molecule has 1 aliphatic carbocycles. The van der Waals surface area contributed by atoms with E-state index in [1.807, 2.05) is 18.2 Å². The molecule has 9 heteroatoms. The van der Waals surface area contributed by atoms with Crippen LogP contribution in [0, 0.1) is 12.8 Å². The zero-order chi connectivity index (χ0) is 22.3. The lowest BCUT2D eigenvalue weighted by Gasteiger charge is -2.27. The number of nitrogens with one attached hydrogen (secondary N) is 1. The third kappa shape index (κ3) is 4.15. The van der Waals surface area contributed by atoms with Gasteiger partial charge in [0.05, 0.1) is 0 Å². The number of thiophene rings is 1. The van der Waals surface area contributed by atoms with E-state index >= 15 is 0 Å². The number of sulfonamides is 1. The van der Waals surface area contributed by atoms with Gasteiger partial charge in [0.1, 0.15) is 15.6 Å². The lowest BCUT2D eigenvalue weighted by molar-refractivity contribution is -0.117. The number of aromatic nitrogens is 1. The Labute approximate surface area is 190 Å². The molecule has 0 radical (unpaired) electrons. The maximum absolute atomic E-state index is 13.2.